The van der Waals surface area contributed by atoms with Gasteiger partial charge in [-0.1, -0.05) is 0 Å². The van der Waals surface area contributed by atoms with E-state index in [1.165, 1.54) is 0 Å². The Morgan fingerprint density at radius 1 is 1.15 bits per heavy atom. The van der Waals surface area contributed by atoms with Crippen molar-refractivity contribution in [2.45, 2.75) is 13.0 Å². The molecule has 1 unspecified atom stereocenters. The predicted molar refractivity (Wildman–Crippen MR) is 98.8 cm³/mol. The van der Waals surface area contributed by atoms with E-state index >= 15 is 0 Å². The summed E-state index contributed by atoms with van der Waals surface area (Å²) in [4.78, 5) is 28.0. The summed E-state index contributed by atoms with van der Waals surface area (Å²) in [5.74, 6) is 1.85. The Kier molecular flexibility index (Phi) is 4.17. The third-order valence-corrected chi connectivity index (χ3v) is 4.98. The SMILES string of the molecule is CC1CN=C2C(N3CCN(C(=O)c4ccc(C#N)cc4)CC3)=NC=CN21. The van der Waals surface area contributed by atoms with Gasteiger partial charge in [0.25, 0.3) is 5.91 Å². The van der Waals surface area contributed by atoms with E-state index in [-0.39, 0.29) is 5.91 Å². The summed E-state index contributed by atoms with van der Waals surface area (Å²) in [7, 11) is 0. The molecule has 4 rings (SSSR count). The first-order valence-electron chi connectivity index (χ1n) is 8.79. The summed E-state index contributed by atoms with van der Waals surface area (Å²) in [5.41, 5.74) is 1.18. The van der Waals surface area contributed by atoms with Gasteiger partial charge in [-0.05, 0) is 31.2 Å². The van der Waals surface area contributed by atoms with Gasteiger partial charge in [-0.15, -0.1) is 0 Å². The van der Waals surface area contributed by atoms with Gasteiger partial charge in [0.1, 0.15) is 0 Å². The van der Waals surface area contributed by atoms with Crippen LogP contribution in [0.5, 0.6) is 0 Å². The molecule has 0 bridgehead atoms. The highest BCUT2D eigenvalue weighted by molar-refractivity contribution is 6.41. The summed E-state index contributed by atoms with van der Waals surface area (Å²) in [5, 5.41) is 8.87. The molecule has 1 aromatic rings. The van der Waals surface area contributed by atoms with Crippen LogP contribution in [0.2, 0.25) is 0 Å². The van der Waals surface area contributed by atoms with Crippen molar-refractivity contribution >= 4 is 17.6 Å². The summed E-state index contributed by atoms with van der Waals surface area (Å²) in [6, 6.07) is 9.24. The molecule has 132 valence electrons. The van der Waals surface area contributed by atoms with Gasteiger partial charge in [0.2, 0.25) is 0 Å². The largest absolute Gasteiger partial charge is 0.350 e. The molecule has 1 saturated heterocycles. The Morgan fingerprint density at radius 3 is 2.58 bits per heavy atom. The average Bonchev–Trinajstić information content (AvgIpc) is 3.09. The zero-order chi connectivity index (χ0) is 18.1. The molecule has 26 heavy (non-hydrogen) atoms. The number of hydrogen-bond acceptors (Lipinski definition) is 6. The van der Waals surface area contributed by atoms with Crippen molar-refractivity contribution in [3.63, 3.8) is 0 Å². The Labute approximate surface area is 152 Å². The second kappa shape index (κ2) is 6.64. The van der Waals surface area contributed by atoms with E-state index in [4.69, 9.17) is 5.26 Å². The van der Waals surface area contributed by atoms with E-state index in [0.29, 0.717) is 30.3 Å². The quantitative estimate of drug-likeness (QED) is 0.767. The van der Waals surface area contributed by atoms with Gasteiger partial charge in [-0.3, -0.25) is 9.79 Å². The number of piperazine rings is 1. The third-order valence-electron chi connectivity index (χ3n) is 4.98. The number of rotatable bonds is 1. The number of amidine groups is 2. The molecular weight excluding hydrogens is 328 g/mol. The van der Waals surface area contributed by atoms with Crippen molar-refractivity contribution in [1.82, 2.24) is 14.7 Å². The molecule has 1 fully saturated rings. The summed E-state index contributed by atoms with van der Waals surface area (Å²) >= 11 is 0. The molecule has 0 N–H and O–H groups in total. The van der Waals surface area contributed by atoms with Gasteiger partial charge >= 0.3 is 0 Å². The highest BCUT2D eigenvalue weighted by atomic mass is 16.2. The van der Waals surface area contributed by atoms with E-state index < -0.39 is 0 Å². The highest BCUT2D eigenvalue weighted by Gasteiger charge is 2.33. The molecule has 0 saturated carbocycles. The zero-order valence-electron chi connectivity index (χ0n) is 14.7. The molecule has 0 aliphatic carbocycles. The topological polar surface area (TPSA) is 75.3 Å². The van der Waals surface area contributed by atoms with Gasteiger partial charge in [-0.2, -0.15) is 5.26 Å². The number of carbonyl (C=O) groups is 1. The van der Waals surface area contributed by atoms with Gasteiger partial charge in [-0.25, -0.2) is 4.99 Å². The van der Waals surface area contributed by atoms with Gasteiger partial charge in [0.15, 0.2) is 11.7 Å². The van der Waals surface area contributed by atoms with Crippen LogP contribution in [0.3, 0.4) is 0 Å². The minimum atomic E-state index is 0.00748. The summed E-state index contributed by atoms with van der Waals surface area (Å²) < 4.78 is 0. The van der Waals surface area contributed by atoms with Gasteiger partial charge < -0.3 is 14.7 Å². The van der Waals surface area contributed by atoms with Crippen molar-refractivity contribution < 1.29 is 4.79 Å². The maximum atomic E-state index is 12.7. The molecule has 3 aliphatic heterocycles. The second-order valence-electron chi connectivity index (χ2n) is 6.64. The maximum absolute atomic E-state index is 12.7. The number of amides is 1. The van der Waals surface area contributed by atoms with Crippen LogP contribution in [0.25, 0.3) is 0 Å². The molecule has 0 radical (unpaired) electrons. The monoisotopic (exact) mass is 348 g/mol. The Morgan fingerprint density at radius 2 is 1.88 bits per heavy atom. The number of fused-ring (bicyclic) bond motifs is 1. The van der Waals surface area contributed by atoms with Crippen LogP contribution < -0.4 is 0 Å². The fourth-order valence-corrected chi connectivity index (χ4v) is 3.45. The normalized spacial score (nSPS) is 21.8. The smallest absolute Gasteiger partial charge is 0.253 e. The number of nitriles is 1. The lowest BCUT2D eigenvalue weighted by atomic mass is 10.1. The van der Waals surface area contributed by atoms with E-state index in [1.807, 2.05) is 17.3 Å². The fraction of sp³-hybridized carbons (Fsp3) is 0.368. The maximum Gasteiger partial charge on any atom is 0.253 e. The first kappa shape index (κ1) is 16.3. The molecule has 1 aromatic carbocycles. The van der Waals surface area contributed by atoms with Crippen molar-refractivity contribution in [1.29, 1.82) is 5.26 Å². The number of benzene rings is 1. The first-order valence-corrected chi connectivity index (χ1v) is 8.79. The molecule has 3 aliphatic rings. The minimum Gasteiger partial charge on any atom is -0.350 e. The van der Waals surface area contributed by atoms with E-state index in [0.717, 1.165) is 31.3 Å². The van der Waals surface area contributed by atoms with Crippen LogP contribution in [0.4, 0.5) is 0 Å². The zero-order valence-corrected chi connectivity index (χ0v) is 14.7. The lowest BCUT2D eigenvalue weighted by Crippen LogP contribution is -2.54. The van der Waals surface area contributed by atoms with Crippen molar-refractivity contribution in [2.75, 3.05) is 32.7 Å². The highest BCUT2D eigenvalue weighted by Crippen LogP contribution is 2.18. The minimum absolute atomic E-state index is 0.00748. The second-order valence-corrected chi connectivity index (χ2v) is 6.64. The Balaban J connectivity index is 1.41. The standard InChI is InChI=1S/C19H20N6O/c1-14-13-22-18-17(21-6-7-25(14)18)23-8-10-24(11-9-23)19(26)16-4-2-15(12-20)3-5-16/h2-7,14H,8-11,13H2,1H3. The number of nitrogens with zero attached hydrogens (tertiary/aromatic N) is 6. The molecule has 7 nitrogen and oxygen atoms in total. The number of hydrogen-bond donors (Lipinski definition) is 0. The van der Waals surface area contributed by atoms with Crippen LogP contribution in [-0.4, -0.2) is 71.0 Å². The van der Waals surface area contributed by atoms with Crippen LogP contribution in [0.1, 0.15) is 22.8 Å². The van der Waals surface area contributed by atoms with Crippen LogP contribution in [0.15, 0.2) is 46.7 Å². The fourth-order valence-electron chi connectivity index (χ4n) is 3.45. The lowest BCUT2D eigenvalue weighted by Gasteiger charge is -2.38. The lowest BCUT2D eigenvalue weighted by molar-refractivity contribution is 0.0692. The first-order chi connectivity index (χ1) is 12.7. The van der Waals surface area contributed by atoms with Crippen molar-refractivity contribution in [3.05, 3.63) is 47.8 Å². The third kappa shape index (κ3) is 2.84. The molecule has 1 amide bonds. The van der Waals surface area contributed by atoms with E-state index in [1.54, 1.807) is 24.3 Å². The molecule has 3 heterocycles. The molecule has 7 heteroatoms. The Bertz CT molecular complexity index is 840. The van der Waals surface area contributed by atoms with E-state index in [2.05, 4.69) is 32.8 Å². The van der Waals surface area contributed by atoms with Crippen LogP contribution in [0, 0.1) is 11.3 Å². The number of aliphatic imine (C=N–C) groups is 2. The van der Waals surface area contributed by atoms with Crippen molar-refractivity contribution in [2.24, 2.45) is 9.98 Å². The summed E-state index contributed by atoms with van der Waals surface area (Å²) in [6.07, 6.45) is 3.80. The molecule has 1 atom stereocenters. The van der Waals surface area contributed by atoms with Gasteiger partial charge in [0, 0.05) is 44.1 Å². The molecule has 0 aromatic heterocycles. The van der Waals surface area contributed by atoms with Gasteiger partial charge in [0.05, 0.1) is 24.2 Å². The van der Waals surface area contributed by atoms with E-state index in [9.17, 15) is 4.79 Å². The van der Waals surface area contributed by atoms with Crippen LogP contribution in [-0.2, 0) is 0 Å². The Hall–Kier alpha value is -3.14. The average molecular weight is 348 g/mol. The molecular formula is C19H20N6O. The van der Waals surface area contributed by atoms with Crippen LogP contribution >= 0.6 is 0 Å². The van der Waals surface area contributed by atoms with Crippen molar-refractivity contribution in [3.8, 4) is 6.07 Å². The predicted octanol–water partition coefficient (Wildman–Crippen LogP) is 1.30. The number of carbonyl (C=O) groups excluding carboxylic acids is 1. The summed E-state index contributed by atoms with van der Waals surface area (Å²) in [6.45, 7) is 5.69. The molecule has 0 spiro atoms.